The van der Waals surface area contributed by atoms with Crippen LogP contribution in [0.15, 0.2) is 48.0 Å². The Bertz CT molecular complexity index is 1030. The van der Waals surface area contributed by atoms with Crippen LogP contribution in [0.2, 0.25) is 0 Å². The molecule has 0 aliphatic carbocycles. The lowest BCUT2D eigenvalue weighted by molar-refractivity contribution is -0.115. The van der Waals surface area contributed by atoms with Crippen LogP contribution in [0, 0.1) is 25.2 Å². The third-order valence-electron chi connectivity index (χ3n) is 4.03. The highest BCUT2D eigenvalue weighted by Crippen LogP contribution is 2.34. The minimum atomic E-state index is -0.109. The molecule has 0 aliphatic rings. The minimum absolute atomic E-state index is 0.109. The number of carbonyl (C=O) groups is 1. The summed E-state index contributed by atoms with van der Waals surface area (Å²) >= 11 is 1.37. The number of thiazole rings is 1. The molecule has 6 heteroatoms. The first-order valence-electron chi connectivity index (χ1n) is 8.37. The van der Waals surface area contributed by atoms with Crippen molar-refractivity contribution in [2.45, 2.75) is 20.8 Å². The molecule has 27 heavy (non-hydrogen) atoms. The van der Waals surface area contributed by atoms with Crippen molar-refractivity contribution < 1.29 is 4.79 Å². The summed E-state index contributed by atoms with van der Waals surface area (Å²) in [6.07, 6.45) is 3.33. The lowest BCUT2D eigenvalue weighted by atomic mass is 10.1. The van der Waals surface area contributed by atoms with Crippen LogP contribution in [0.5, 0.6) is 0 Å². The second-order valence-corrected chi connectivity index (χ2v) is 6.87. The molecule has 1 aromatic carbocycles. The van der Waals surface area contributed by atoms with Gasteiger partial charge < -0.3 is 0 Å². The summed E-state index contributed by atoms with van der Waals surface area (Å²) in [6, 6.07) is 13.5. The van der Waals surface area contributed by atoms with E-state index in [0.29, 0.717) is 22.1 Å². The smallest absolute Gasteiger partial charge is 0.230 e. The molecule has 134 valence electrons. The summed E-state index contributed by atoms with van der Waals surface area (Å²) in [5, 5.41) is 11.9. The molecular formula is C21H18N4OS. The van der Waals surface area contributed by atoms with Crippen LogP contribution >= 0.6 is 11.3 Å². The van der Waals surface area contributed by atoms with Gasteiger partial charge in [-0.15, -0.1) is 11.3 Å². The zero-order valence-electron chi connectivity index (χ0n) is 15.3. The summed E-state index contributed by atoms with van der Waals surface area (Å²) in [4.78, 5) is 22.8. The molecule has 0 fully saturated rings. The fraction of sp³-hybridized carbons (Fsp3) is 0.143. The number of hydrogen-bond donors (Lipinski definition) is 0. The summed E-state index contributed by atoms with van der Waals surface area (Å²) in [5.41, 5.74) is 4.49. The molecule has 0 saturated carbocycles. The quantitative estimate of drug-likeness (QED) is 0.609. The number of para-hydroxylation sites is 1. The number of aromatic nitrogens is 2. The van der Waals surface area contributed by atoms with Crippen LogP contribution in [0.25, 0.3) is 11.6 Å². The Kier molecular flexibility index (Phi) is 5.43. The largest absolute Gasteiger partial charge is 0.274 e. The number of aryl methyl sites for hydroxylation is 2. The van der Waals surface area contributed by atoms with E-state index in [-0.39, 0.29) is 5.91 Å². The number of carbonyl (C=O) groups excluding carboxylic acids is 1. The Morgan fingerprint density at radius 1 is 1.19 bits per heavy atom. The van der Waals surface area contributed by atoms with Gasteiger partial charge in [-0.3, -0.25) is 14.7 Å². The molecule has 2 heterocycles. The first-order valence-corrected chi connectivity index (χ1v) is 9.25. The molecule has 0 aliphatic heterocycles. The van der Waals surface area contributed by atoms with Crippen molar-refractivity contribution in [2.75, 3.05) is 4.90 Å². The first kappa shape index (κ1) is 18.5. The second kappa shape index (κ2) is 7.94. The summed E-state index contributed by atoms with van der Waals surface area (Å²) in [6.45, 7) is 5.47. The number of hydrogen-bond acceptors (Lipinski definition) is 5. The molecule has 5 nitrogen and oxygen atoms in total. The molecule has 0 radical (unpaired) electrons. The van der Waals surface area contributed by atoms with Crippen molar-refractivity contribution in [3.63, 3.8) is 0 Å². The SMILES string of the molecule is CC(=O)N(c1nc(/C=C(\C#N)c2ccccn2)cs1)c1c(C)cccc1C. The van der Waals surface area contributed by atoms with Crippen molar-refractivity contribution in [1.29, 1.82) is 5.26 Å². The molecule has 2 aromatic heterocycles. The van der Waals surface area contributed by atoms with Gasteiger partial charge in [-0.2, -0.15) is 5.26 Å². The Labute approximate surface area is 162 Å². The molecule has 3 rings (SSSR count). The van der Waals surface area contributed by atoms with E-state index in [1.807, 2.05) is 43.5 Å². The van der Waals surface area contributed by atoms with E-state index in [2.05, 4.69) is 16.0 Å². The fourth-order valence-electron chi connectivity index (χ4n) is 2.82. The van der Waals surface area contributed by atoms with Gasteiger partial charge in [0.25, 0.3) is 0 Å². The fourth-order valence-corrected chi connectivity index (χ4v) is 3.66. The number of allylic oxidation sites excluding steroid dienone is 1. The van der Waals surface area contributed by atoms with Crippen LogP contribution in [-0.4, -0.2) is 15.9 Å². The van der Waals surface area contributed by atoms with E-state index in [1.165, 1.54) is 18.3 Å². The number of nitrogens with zero attached hydrogens (tertiary/aromatic N) is 4. The summed E-state index contributed by atoms with van der Waals surface area (Å²) < 4.78 is 0. The maximum atomic E-state index is 12.4. The van der Waals surface area contributed by atoms with Gasteiger partial charge in [0.2, 0.25) is 5.91 Å². The van der Waals surface area contributed by atoms with E-state index >= 15 is 0 Å². The summed E-state index contributed by atoms with van der Waals surface area (Å²) in [5.74, 6) is -0.109. The lowest BCUT2D eigenvalue weighted by Gasteiger charge is -2.22. The van der Waals surface area contributed by atoms with Gasteiger partial charge in [0.05, 0.1) is 22.6 Å². The van der Waals surface area contributed by atoms with E-state index in [4.69, 9.17) is 0 Å². The molecule has 0 atom stereocenters. The van der Waals surface area contributed by atoms with Gasteiger partial charge >= 0.3 is 0 Å². The predicted octanol–water partition coefficient (Wildman–Crippen LogP) is 4.90. The monoisotopic (exact) mass is 374 g/mol. The highest BCUT2D eigenvalue weighted by atomic mass is 32.1. The van der Waals surface area contributed by atoms with Gasteiger partial charge in [0, 0.05) is 18.5 Å². The molecule has 3 aromatic rings. The molecule has 0 spiro atoms. The van der Waals surface area contributed by atoms with Crippen molar-refractivity contribution in [2.24, 2.45) is 0 Å². The third-order valence-corrected chi connectivity index (χ3v) is 4.88. The van der Waals surface area contributed by atoms with Gasteiger partial charge in [0.1, 0.15) is 6.07 Å². The maximum absolute atomic E-state index is 12.4. The number of pyridine rings is 1. The van der Waals surface area contributed by atoms with Gasteiger partial charge in [-0.25, -0.2) is 4.98 Å². The Morgan fingerprint density at radius 2 is 1.93 bits per heavy atom. The standard InChI is InChI=1S/C21H18N4OS/c1-14-7-6-8-15(2)20(14)25(16(3)26)21-24-18(13-27-21)11-17(12-22)19-9-4-5-10-23-19/h4-11,13H,1-3H3/b17-11+. The topological polar surface area (TPSA) is 69.9 Å². The average Bonchev–Trinajstić information content (AvgIpc) is 3.11. The first-order chi connectivity index (χ1) is 13.0. The molecule has 0 bridgehead atoms. The van der Waals surface area contributed by atoms with Crippen LogP contribution in [0.4, 0.5) is 10.8 Å². The average molecular weight is 374 g/mol. The van der Waals surface area contributed by atoms with Crippen molar-refractivity contribution in [3.05, 3.63) is 70.5 Å². The maximum Gasteiger partial charge on any atom is 0.230 e. The third kappa shape index (κ3) is 3.94. The van der Waals surface area contributed by atoms with E-state index in [1.54, 1.807) is 29.3 Å². The zero-order chi connectivity index (χ0) is 19.4. The number of rotatable bonds is 4. The zero-order valence-corrected chi connectivity index (χ0v) is 16.1. The van der Waals surface area contributed by atoms with Gasteiger partial charge in [-0.05, 0) is 43.2 Å². The number of benzene rings is 1. The lowest BCUT2D eigenvalue weighted by Crippen LogP contribution is -2.24. The number of nitriles is 1. The van der Waals surface area contributed by atoms with E-state index in [0.717, 1.165) is 16.8 Å². The van der Waals surface area contributed by atoms with E-state index < -0.39 is 0 Å². The molecule has 0 N–H and O–H groups in total. The highest BCUT2D eigenvalue weighted by molar-refractivity contribution is 7.14. The van der Waals surface area contributed by atoms with Crippen molar-refractivity contribution in [1.82, 2.24) is 9.97 Å². The Morgan fingerprint density at radius 3 is 2.52 bits per heavy atom. The van der Waals surface area contributed by atoms with Crippen LogP contribution in [0.1, 0.15) is 29.4 Å². The number of anilines is 2. The molecule has 0 unspecified atom stereocenters. The minimum Gasteiger partial charge on any atom is -0.274 e. The predicted molar refractivity (Wildman–Crippen MR) is 109 cm³/mol. The Balaban J connectivity index is 2.02. The van der Waals surface area contributed by atoms with Crippen LogP contribution in [0.3, 0.4) is 0 Å². The van der Waals surface area contributed by atoms with E-state index in [9.17, 15) is 10.1 Å². The van der Waals surface area contributed by atoms with Crippen molar-refractivity contribution in [3.8, 4) is 6.07 Å². The highest BCUT2D eigenvalue weighted by Gasteiger charge is 2.21. The number of amides is 1. The van der Waals surface area contributed by atoms with Crippen LogP contribution < -0.4 is 4.90 Å². The van der Waals surface area contributed by atoms with Crippen LogP contribution in [-0.2, 0) is 4.79 Å². The Hall–Kier alpha value is -3.30. The summed E-state index contributed by atoms with van der Waals surface area (Å²) in [7, 11) is 0. The molecule has 1 amide bonds. The van der Waals surface area contributed by atoms with Gasteiger partial charge in [-0.1, -0.05) is 24.3 Å². The van der Waals surface area contributed by atoms with Gasteiger partial charge in [0.15, 0.2) is 5.13 Å². The molecular weight excluding hydrogens is 356 g/mol. The second-order valence-electron chi connectivity index (χ2n) is 6.03. The normalized spacial score (nSPS) is 11.1. The molecule has 0 saturated heterocycles. The van der Waals surface area contributed by atoms with Crippen molar-refractivity contribution >= 4 is 39.7 Å².